The molecule has 1 heterocycles. The topological polar surface area (TPSA) is 130 Å². The molecule has 0 saturated carbocycles. The number of hydrogen-bond donors (Lipinski definition) is 3. The number of nitrogens with zero attached hydrogens (tertiary/aromatic N) is 2. The van der Waals surface area contributed by atoms with E-state index in [0.717, 1.165) is 6.20 Å². The molecular weight excluding hydrogens is 413 g/mol. The summed E-state index contributed by atoms with van der Waals surface area (Å²) < 4.78 is 41.2. The van der Waals surface area contributed by atoms with Crippen LogP contribution in [0.1, 0.15) is 57.6 Å². The predicted molar refractivity (Wildman–Crippen MR) is 110 cm³/mol. The van der Waals surface area contributed by atoms with E-state index in [-0.39, 0.29) is 17.7 Å². The molecule has 1 aromatic heterocycles. The molecule has 0 aliphatic heterocycles. The van der Waals surface area contributed by atoms with E-state index >= 15 is 0 Å². The maximum Gasteiger partial charge on any atom is 0.333 e. The van der Waals surface area contributed by atoms with Crippen molar-refractivity contribution in [1.29, 1.82) is 0 Å². The van der Waals surface area contributed by atoms with Gasteiger partial charge in [0.2, 0.25) is 10.9 Å². The van der Waals surface area contributed by atoms with Gasteiger partial charge in [0.1, 0.15) is 5.82 Å². The molecule has 0 radical (unpaired) electrons. The third kappa shape index (κ3) is 5.50. The van der Waals surface area contributed by atoms with Crippen LogP contribution in [-0.2, 0) is 14.8 Å². The number of sulfonamides is 1. The maximum atomic E-state index is 14.0. The molecule has 0 aliphatic carbocycles. The average molecular weight is 437 g/mol. The fourth-order valence-corrected chi connectivity index (χ4v) is 3.74. The molecule has 2 rings (SSSR count). The minimum atomic E-state index is -4.45. The van der Waals surface area contributed by atoms with E-state index < -0.39 is 32.8 Å². The van der Waals surface area contributed by atoms with Gasteiger partial charge >= 0.3 is 6.03 Å². The number of halogens is 1. The van der Waals surface area contributed by atoms with Gasteiger partial charge in [0.25, 0.3) is 10.0 Å². The quantitative estimate of drug-likeness (QED) is 0.635. The van der Waals surface area contributed by atoms with Crippen LogP contribution in [0.5, 0.6) is 0 Å². The van der Waals surface area contributed by atoms with E-state index in [4.69, 9.17) is 0 Å². The fraction of sp³-hybridized carbons (Fsp3) is 0.368. The van der Waals surface area contributed by atoms with Crippen molar-refractivity contribution in [3.63, 3.8) is 0 Å². The summed E-state index contributed by atoms with van der Waals surface area (Å²) in [5.74, 6) is -1.56. The SMILES string of the molecule is CC(=O)Nc1nccnc1S(=O)(=O)NC(=O)Nc1c(C(C)C)cc(F)cc1C(C)C. The van der Waals surface area contributed by atoms with Crippen LogP contribution in [0, 0.1) is 5.82 Å². The first kappa shape index (κ1) is 23.2. The number of rotatable bonds is 6. The van der Waals surface area contributed by atoms with E-state index in [1.54, 1.807) is 0 Å². The molecule has 0 atom stereocenters. The van der Waals surface area contributed by atoms with Gasteiger partial charge in [-0.25, -0.2) is 23.9 Å². The zero-order chi connectivity index (χ0) is 22.6. The summed E-state index contributed by atoms with van der Waals surface area (Å²) in [6.07, 6.45) is 2.32. The van der Waals surface area contributed by atoms with Gasteiger partial charge in [-0.2, -0.15) is 8.42 Å². The third-order valence-corrected chi connectivity index (χ3v) is 5.35. The smallest absolute Gasteiger partial charge is 0.308 e. The van der Waals surface area contributed by atoms with Crippen LogP contribution in [0.3, 0.4) is 0 Å². The maximum absolute atomic E-state index is 14.0. The average Bonchev–Trinajstić information content (AvgIpc) is 2.61. The Morgan fingerprint density at radius 1 is 0.967 bits per heavy atom. The molecule has 11 heteroatoms. The summed E-state index contributed by atoms with van der Waals surface area (Å²) >= 11 is 0. The van der Waals surface area contributed by atoms with E-state index in [9.17, 15) is 22.4 Å². The Kier molecular flexibility index (Phi) is 7.08. The normalized spacial score (nSPS) is 11.5. The fourth-order valence-electron chi connectivity index (χ4n) is 2.79. The van der Waals surface area contributed by atoms with Crippen LogP contribution in [0.25, 0.3) is 0 Å². The lowest BCUT2D eigenvalue weighted by Crippen LogP contribution is -2.36. The summed E-state index contributed by atoms with van der Waals surface area (Å²) in [6, 6.07) is 1.56. The van der Waals surface area contributed by atoms with Gasteiger partial charge < -0.3 is 10.6 Å². The van der Waals surface area contributed by atoms with Crippen LogP contribution >= 0.6 is 0 Å². The van der Waals surface area contributed by atoms with Crippen LogP contribution in [0.2, 0.25) is 0 Å². The van der Waals surface area contributed by atoms with Gasteiger partial charge in [-0.05, 0) is 35.1 Å². The van der Waals surface area contributed by atoms with Crippen LogP contribution in [0.4, 0.5) is 20.7 Å². The zero-order valence-corrected chi connectivity index (χ0v) is 18.1. The Labute approximate surface area is 174 Å². The standard InChI is InChI=1S/C19H24FN5O4S/c1-10(2)14-8-13(20)9-15(11(3)4)16(14)24-19(27)25-30(28,29)18-17(23-12(5)26)21-6-7-22-18/h6-11H,1-5H3,(H,21,23,26)(H2,24,25,27). The summed E-state index contributed by atoms with van der Waals surface area (Å²) in [7, 11) is -4.45. The van der Waals surface area contributed by atoms with E-state index in [2.05, 4.69) is 20.6 Å². The highest BCUT2D eigenvalue weighted by Gasteiger charge is 2.26. The molecule has 0 aliphatic rings. The number of benzene rings is 1. The second kappa shape index (κ2) is 9.16. The minimum absolute atomic E-state index is 0.128. The first-order chi connectivity index (χ1) is 13.9. The highest BCUT2D eigenvalue weighted by Crippen LogP contribution is 2.33. The number of aromatic nitrogens is 2. The molecule has 0 fully saturated rings. The lowest BCUT2D eigenvalue weighted by molar-refractivity contribution is -0.114. The molecule has 30 heavy (non-hydrogen) atoms. The molecule has 0 unspecified atom stereocenters. The lowest BCUT2D eigenvalue weighted by atomic mass is 9.92. The Morgan fingerprint density at radius 2 is 1.50 bits per heavy atom. The monoisotopic (exact) mass is 437 g/mol. The summed E-state index contributed by atoms with van der Waals surface area (Å²) in [4.78, 5) is 31.3. The lowest BCUT2D eigenvalue weighted by Gasteiger charge is -2.20. The largest absolute Gasteiger partial charge is 0.333 e. The first-order valence-corrected chi connectivity index (χ1v) is 10.7. The molecule has 9 nitrogen and oxygen atoms in total. The van der Waals surface area contributed by atoms with Gasteiger partial charge in [-0.15, -0.1) is 0 Å². The summed E-state index contributed by atoms with van der Waals surface area (Å²) in [6.45, 7) is 8.51. The van der Waals surface area contributed by atoms with E-state index in [0.29, 0.717) is 16.8 Å². The van der Waals surface area contributed by atoms with Crippen molar-refractivity contribution < 1.29 is 22.4 Å². The predicted octanol–water partition coefficient (Wildman–Crippen LogP) is 3.33. The summed E-state index contributed by atoms with van der Waals surface area (Å²) in [5.41, 5.74) is 1.41. The molecule has 162 valence electrons. The van der Waals surface area contributed by atoms with Gasteiger partial charge in [0.05, 0.1) is 0 Å². The Hall–Kier alpha value is -3.08. The number of urea groups is 1. The van der Waals surface area contributed by atoms with Crippen LogP contribution in [-0.4, -0.2) is 30.3 Å². The Bertz CT molecular complexity index is 1040. The van der Waals surface area contributed by atoms with Crippen molar-refractivity contribution in [3.05, 3.63) is 41.5 Å². The molecule has 0 spiro atoms. The van der Waals surface area contributed by atoms with Crippen molar-refractivity contribution in [2.75, 3.05) is 10.6 Å². The number of amides is 3. The molecule has 2 aromatic rings. The van der Waals surface area contributed by atoms with E-state index in [1.165, 1.54) is 25.3 Å². The first-order valence-electron chi connectivity index (χ1n) is 9.18. The number of nitrogens with one attached hydrogen (secondary N) is 3. The Balaban J connectivity index is 2.38. The minimum Gasteiger partial charge on any atom is -0.308 e. The van der Waals surface area contributed by atoms with Crippen LogP contribution in [0.15, 0.2) is 29.6 Å². The zero-order valence-electron chi connectivity index (χ0n) is 17.3. The molecule has 0 bridgehead atoms. The molecule has 3 N–H and O–H groups in total. The van der Waals surface area contributed by atoms with Crippen molar-refractivity contribution >= 4 is 33.5 Å². The number of carbonyl (C=O) groups excluding carboxylic acids is 2. The molecule has 1 aromatic carbocycles. The summed E-state index contributed by atoms with van der Waals surface area (Å²) in [5, 5.41) is 4.17. The second-order valence-electron chi connectivity index (χ2n) is 7.22. The van der Waals surface area contributed by atoms with E-state index in [1.807, 2.05) is 32.4 Å². The van der Waals surface area contributed by atoms with Crippen molar-refractivity contribution in [2.45, 2.75) is 51.5 Å². The van der Waals surface area contributed by atoms with Crippen molar-refractivity contribution in [1.82, 2.24) is 14.7 Å². The molecule has 0 saturated heterocycles. The van der Waals surface area contributed by atoms with Gasteiger partial charge in [0, 0.05) is 25.0 Å². The van der Waals surface area contributed by atoms with Crippen molar-refractivity contribution in [2.24, 2.45) is 0 Å². The third-order valence-electron chi connectivity index (χ3n) is 4.09. The number of carbonyl (C=O) groups is 2. The highest BCUT2D eigenvalue weighted by molar-refractivity contribution is 7.90. The van der Waals surface area contributed by atoms with Crippen molar-refractivity contribution in [3.8, 4) is 0 Å². The van der Waals surface area contributed by atoms with Gasteiger partial charge in [0.15, 0.2) is 5.82 Å². The second-order valence-corrected chi connectivity index (χ2v) is 8.82. The highest BCUT2D eigenvalue weighted by atomic mass is 32.2. The molecular formula is C19H24FN5O4S. The van der Waals surface area contributed by atoms with Gasteiger partial charge in [-0.3, -0.25) is 4.79 Å². The number of hydrogen-bond acceptors (Lipinski definition) is 6. The number of anilines is 2. The molecule has 3 amide bonds. The van der Waals surface area contributed by atoms with Gasteiger partial charge in [-0.1, -0.05) is 27.7 Å². The Morgan fingerprint density at radius 3 is 2.00 bits per heavy atom. The van der Waals surface area contributed by atoms with Crippen LogP contribution < -0.4 is 15.4 Å².